The third-order valence-electron chi connectivity index (χ3n) is 5.74. The number of carboxylic acid groups (broad SMARTS) is 1. The SMILES string of the molecule is C[C@H]1CN(c2c(F)cc3c(=O)c(C(=O)O)cn(C4CC4)c3c2F)C[C@H]1CN. The summed E-state index contributed by atoms with van der Waals surface area (Å²) in [6.45, 7) is 3.34. The molecule has 1 aromatic heterocycles. The Hall–Kier alpha value is -2.48. The van der Waals surface area contributed by atoms with Crippen LogP contribution in [0.4, 0.5) is 14.5 Å². The van der Waals surface area contributed by atoms with Gasteiger partial charge >= 0.3 is 5.97 Å². The molecule has 1 aromatic carbocycles. The summed E-state index contributed by atoms with van der Waals surface area (Å²) in [5.74, 6) is -2.73. The molecule has 6 nitrogen and oxygen atoms in total. The number of anilines is 1. The topological polar surface area (TPSA) is 88.6 Å². The Morgan fingerprint density at radius 1 is 1.33 bits per heavy atom. The van der Waals surface area contributed by atoms with Crippen LogP contribution in [-0.2, 0) is 0 Å². The molecule has 3 N–H and O–H groups in total. The summed E-state index contributed by atoms with van der Waals surface area (Å²) in [5.41, 5.74) is 4.23. The van der Waals surface area contributed by atoms with Crippen molar-refractivity contribution in [2.75, 3.05) is 24.5 Å². The van der Waals surface area contributed by atoms with Crippen LogP contribution in [0.2, 0.25) is 0 Å². The zero-order valence-electron chi connectivity index (χ0n) is 14.9. The zero-order valence-corrected chi connectivity index (χ0v) is 14.9. The van der Waals surface area contributed by atoms with Gasteiger partial charge in [0.15, 0.2) is 5.82 Å². The van der Waals surface area contributed by atoms with Gasteiger partial charge < -0.3 is 20.3 Å². The van der Waals surface area contributed by atoms with E-state index in [1.807, 2.05) is 6.92 Å². The molecule has 8 heteroatoms. The van der Waals surface area contributed by atoms with E-state index in [1.165, 1.54) is 10.8 Å². The van der Waals surface area contributed by atoms with Crippen LogP contribution in [-0.4, -0.2) is 35.3 Å². The molecule has 1 aliphatic carbocycles. The molecule has 2 fully saturated rings. The molecule has 2 aromatic rings. The third kappa shape index (κ3) is 2.79. The van der Waals surface area contributed by atoms with Crippen molar-refractivity contribution in [2.24, 2.45) is 17.6 Å². The Bertz CT molecular complexity index is 1000. The first-order valence-electron chi connectivity index (χ1n) is 9.08. The number of hydrogen-bond acceptors (Lipinski definition) is 4. The minimum absolute atomic E-state index is 0.0206. The highest BCUT2D eigenvalue weighted by Crippen LogP contribution is 2.40. The van der Waals surface area contributed by atoms with E-state index in [0.29, 0.717) is 19.6 Å². The predicted molar refractivity (Wildman–Crippen MR) is 97.3 cm³/mol. The van der Waals surface area contributed by atoms with E-state index in [-0.39, 0.29) is 34.5 Å². The lowest BCUT2D eigenvalue weighted by atomic mass is 9.99. The van der Waals surface area contributed by atoms with E-state index >= 15 is 4.39 Å². The van der Waals surface area contributed by atoms with Crippen LogP contribution in [0, 0.1) is 23.5 Å². The summed E-state index contributed by atoms with van der Waals surface area (Å²) in [4.78, 5) is 25.5. The number of carbonyl (C=O) groups is 1. The van der Waals surface area contributed by atoms with Gasteiger partial charge in [0.25, 0.3) is 0 Å². The first kappa shape index (κ1) is 17.9. The van der Waals surface area contributed by atoms with Crippen molar-refractivity contribution in [1.82, 2.24) is 4.57 Å². The number of pyridine rings is 1. The number of fused-ring (bicyclic) bond motifs is 1. The number of nitrogens with zero attached hydrogens (tertiary/aromatic N) is 2. The van der Waals surface area contributed by atoms with Crippen LogP contribution in [0.3, 0.4) is 0 Å². The minimum atomic E-state index is -1.40. The van der Waals surface area contributed by atoms with Crippen LogP contribution >= 0.6 is 0 Å². The predicted octanol–water partition coefficient (Wildman–Crippen LogP) is 2.34. The van der Waals surface area contributed by atoms with Gasteiger partial charge in [0, 0.05) is 25.3 Å². The average Bonchev–Trinajstić information content (AvgIpc) is 3.38. The quantitative estimate of drug-likeness (QED) is 0.854. The standard InChI is InChI=1S/C19H21F2N3O3/c1-9-6-23(7-10(9)5-22)17-14(20)4-12-16(15(17)21)24(11-2-3-11)8-13(18(12)25)19(26)27/h4,8-11H,2-3,5-7,22H2,1H3,(H,26,27)/t9-,10+/m0/s1. The number of aromatic nitrogens is 1. The molecule has 27 heavy (non-hydrogen) atoms. The fraction of sp³-hybridized carbons (Fsp3) is 0.474. The van der Waals surface area contributed by atoms with Crippen LogP contribution < -0.4 is 16.1 Å². The Balaban J connectivity index is 1.96. The van der Waals surface area contributed by atoms with Crippen LogP contribution in [0.5, 0.6) is 0 Å². The summed E-state index contributed by atoms with van der Waals surface area (Å²) in [7, 11) is 0. The van der Waals surface area contributed by atoms with Gasteiger partial charge in [-0.15, -0.1) is 0 Å². The summed E-state index contributed by atoms with van der Waals surface area (Å²) >= 11 is 0. The van der Waals surface area contributed by atoms with Gasteiger partial charge in [-0.25, -0.2) is 13.6 Å². The summed E-state index contributed by atoms with van der Waals surface area (Å²) in [6, 6.07) is 0.898. The van der Waals surface area contributed by atoms with Crippen molar-refractivity contribution in [1.29, 1.82) is 0 Å². The van der Waals surface area contributed by atoms with Gasteiger partial charge in [-0.1, -0.05) is 6.92 Å². The smallest absolute Gasteiger partial charge is 0.341 e. The molecular weight excluding hydrogens is 356 g/mol. The maximum atomic E-state index is 15.5. The molecule has 144 valence electrons. The fourth-order valence-electron chi connectivity index (χ4n) is 4.04. The summed E-state index contributed by atoms with van der Waals surface area (Å²) < 4.78 is 31.8. The highest BCUT2D eigenvalue weighted by molar-refractivity contribution is 5.94. The highest BCUT2D eigenvalue weighted by atomic mass is 19.1. The van der Waals surface area contributed by atoms with Crippen molar-refractivity contribution in [2.45, 2.75) is 25.8 Å². The monoisotopic (exact) mass is 377 g/mol. The number of benzene rings is 1. The van der Waals surface area contributed by atoms with Crippen LogP contribution in [0.15, 0.2) is 17.1 Å². The number of aromatic carboxylic acids is 1. The van der Waals surface area contributed by atoms with Gasteiger partial charge in [-0.05, 0) is 37.3 Å². The fourth-order valence-corrected chi connectivity index (χ4v) is 4.04. The molecular formula is C19H21F2N3O3. The molecule has 0 spiro atoms. The van der Waals surface area contributed by atoms with E-state index in [4.69, 9.17) is 5.73 Å². The molecule has 1 aliphatic heterocycles. The van der Waals surface area contributed by atoms with Gasteiger partial charge in [0.2, 0.25) is 5.43 Å². The maximum absolute atomic E-state index is 15.5. The van der Waals surface area contributed by atoms with E-state index < -0.39 is 28.6 Å². The first-order chi connectivity index (χ1) is 12.8. The number of carboxylic acids is 1. The first-order valence-corrected chi connectivity index (χ1v) is 9.08. The Morgan fingerprint density at radius 3 is 2.59 bits per heavy atom. The second-order valence-corrected chi connectivity index (χ2v) is 7.61. The van der Waals surface area contributed by atoms with E-state index in [2.05, 4.69) is 0 Å². The Kier molecular flexibility index (Phi) is 4.18. The molecule has 0 radical (unpaired) electrons. The lowest BCUT2D eigenvalue weighted by molar-refractivity contribution is 0.0695. The lowest BCUT2D eigenvalue weighted by Crippen LogP contribution is -2.26. The Labute approximate surface area is 154 Å². The molecule has 2 aliphatic rings. The molecule has 4 rings (SSSR count). The second kappa shape index (κ2) is 6.30. The average molecular weight is 377 g/mol. The zero-order chi connectivity index (χ0) is 19.5. The number of halogens is 2. The molecule has 1 saturated carbocycles. The normalized spacial score (nSPS) is 22.6. The minimum Gasteiger partial charge on any atom is -0.477 e. The van der Waals surface area contributed by atoms with Crippen molar-refractivity contribution in [3.8, 4) is 0 Å². The molecule has 1 saturated heterocycles. The van der Waals surface area contributed by atoms with Crippen LogP contribution in [0.25, 0.3) is 10.9 Å². The van der Waals surface area contributed by atoms with Crippen molar-refractivity contribution in [3.63, 3.8) is 0 Å². The molecule has 2 atom stereocenters. The second-order valence-electron chi connectivity index (χ2n) is 7.61. The van der Waals surface area contributed by atoms with Crippen molar-refractivity contribution >= 4 is 22.6 Å². The lowest BCUT2D eigenvalue weighted by Gasteiger charge is -2.22. The largest absolute Gasteiger partial charge is 0.477 e. The molecule has 2 heterocycles. The highest BCUT2D eigenvalue weighted by Gasteiger charge is 2.34. The maximum Gasteiger partial charge on any atom is 0.341 e. The van der Waals surface area contributed by atoms with Gasteiger partial charge in [0.05, 0.1) is 10.9 Å². The molecule has 0 bridgehead atoms. The van der Waals surface area contributed by atoms with Crippen molar-refractivity contribution in [3.05, 3.63) is 39.7 Å². The van der Waals surface area contributed by atoms with Gasteiger partial charge in [-0.2, -0.15) is 0 Å². The van der Waals surface area contributed by atoms with E-state index in [1.54, 1.807) is 4.90 Å². The number of hydrogen-bond donors (Lipinski definition) is 2. The third-order valence-corrected chi connectivity index (χ3v) is 5.74. The van der Waals surface area contributed by atoms with E-state index in [9.17, 15) is 19.1 Å². The van der Waals surface area contributed by atoms with E-state index in [0.717, 1.165) is 18.9 Å². The Morgan fingerprint density at radius 2 is 2.04 bits per heavy atom. The van der Waals surface area contributed by atoms with Gasteiger partial charge in [-0.3, -0.25) is 4.79 Å². The van der Waals surface area contributed by atoms with Gasteiger partial charge in [0.1, 0.15) is 17.1 Å². The summed E-state index contributed by atoms with van der Waals surface area (Å²) in [6.07, 6.45) is 2.71. The molecule has 0 unspecified atom stereocenters. The number of rotatable bonds is 4. The van der Waals surface area contributed by atoms with Crippen molar-refractivity contribution < 1.29 is 18.7 Å². The number of nitrogens with two attached hydrogens (primary N) is 1. The van der Waals surface area contributed by atoms with Crippen LogP contribution in [0.1, 0.15) is 36.2 Å². The summed E-state index contributed by atoms with van der Waals surface area (Å²) in [5, 5.41) is 9.05. The molecule has 0 amide bonds.